The number of fused-ring (bicyclic) bond motifs is 1. The number of alkyl halides is 3. The predicted octanol–water partition coefficient (Wildman–Crippen LogP) is 4.63. The van der Waals surface area contributed by atoms with Crippen molar-refractivity contribution in [2.75, 3.05) is 0 Å². The highest BCUT2D eigenvalue weighted by Gasteiger charge is 2.36. The molecule has 4 rings (SSSR count). The Bertz CT molecular complexity index is 1660. The number of carbonyl (C=O) groups is 2. The summed E-state index contributed by atoms with van der Waals surface area (Å²) >= 11 is 0. The van der Waals surface area contributed by atoms with Gasteiger partial charge in [0, 0.05) is 36.3 Å². The molecule has 4 aromatic rings. The number of hydrogen-bond donors (Lipinski definition) is 2. The predicted molar refractivity (Wildman–Crippen MR) is 131 cm³/mol. The monoisotopic (exact) mass is 545 g/mol. The number of carbonyl (C=O) groups excluding carboxylic acids is 1. The van der Waals surface area contributed by atoms with E-state index >= 15 is 0 Å². The summed E-state index contributed by atoms with van der Waals surface area (Å²) in [5, 5.41) is 12.0. The van der Waals surface area contributed by atoms with Gasteiger partial charge in [0.25, 0.3) is 11.5 Å². The number of nitrogens with one attached hydrogen (secondary N) is 1. The van der Waals surface area contributed by atoms with Crippen LogP contribution in [0.15, 0.2) is 59.5 Å². The lowest BCUT2D eigenvalue weighted by molar-refractivity contribution is -0.139. The van der Waals surface area contributed by atoms with Gasteiger partial charge in [0.1, 0.15) is 23.2 Å². The molecule has 39 heavy (non-hydrogen) atoms. The quantitative estimate of drug-likeness (QED) is 0.344. The Morgan fingerprint density at radius 2 is 1.74 bits per heavy atom. The van der Waals surface area contributed by atoms with Gasteiger partial charge >= 0.3 is 12.1 Å². The fourth-order valence-electron chi connectivity index (χ4n) is 4.28. The number of aryl methyl sites for hydroxylation is 1. The third kappa shape index (κ3) is 5.22. The normalized spacial score (nSPS) is 12.4. The summed E-state index contributed by atoms with van der Waals surface area (Å²) in [5.74, 6) is -5.19. The van der Waals surface area contributed by atoms with Crippen molar-refractivity contribution in [2.45, 2.75) is 25.6 Å². The highest BCUT2D eigenvalue weighted by molar-refractivity contribution is 5.98. The summed E-state index contributed by atoms with van der Waals surface area (Å²) in [6, 6.07) is 7.42. The van der Waals surface area contributed by atoms with Gasteiger partial charge in [0.05, 0.1) is 16.6 Å². The summed E-state index contributed by atoms with van der Waals surface area (Å²) in [6.07, 6.45) is -3.95. The van der Waals surface area contributed by atoms with Crippen LogP contribution in [-0.4, -0.2) is 32.6 Å². The second-order valence-corrected chi connectivity index (χ2v) is 8.77. The lowest BCUT2D eigenvalue weighted by Gasteiger charge is -2.19. The van der Waals surface area contributed by atoms with Crippen LogP contribution in [0.3, 0.4) is 0 Å². The number of aliphatic carboxylic acids is 1. The lowest BCUT2D eigenvalue weighted by atomic mass is 9.93. The Morgan fingerprint density at radius 3 is 2.36 bits per heavy atom. The van der Waals surface area contributed by atoms with Crippen LogP contribution in [0.4, 0.5) is 22.0 Å². The molecule has 0 aliphatic carbocycles. The van der Waals surface area contributed by atoms with E-state index in [2.05, 4.69) is 10.3 Å². The Morgan fingerprint density at radius 1 is 1.08 bits per heavy atom. The molecule has 2 aromatic carbocycles. The van der Waals surface area contributed by atoms with E-state index in [9.17, 15) is 41.4 Å². The summed E-state index contributed by atoms with van der Waals surface area (Å²) in [6.45, 7) is 1.37. The summed E-state index contributed by atoms with van der Waals surface area (Å²) in [5.41, 5.74) is -3.40. The standard InChI is InChI=1S/C27H20F5N3O4/c1-13-11-17(27(30,31)32)21(25(37)35(13)2)16-9-8-14(15-5-4-10-33-23(15)16)12-20(26(38)39)34-24(36)22-18(28)6-3-7-19(22)29/h3-11,20H,12H2,1-2H3,(H,34,36)(H,38,39)/t20-/m0/s1. The molecule has 1 atom stereocenters. The van der Waals surface area contributed by atoms with Crippen molar-refractivity contribution in [3.05, 3.63) is 99.1 Å². The first-order valence-corrected chi connectivity index (χ1v) is 11.4. The van der Waals surface area contributed by atoms with E-state index in [0.717, 1.165) is 28.8 Å². The number of amides is 1. The fraction of sp³-hybridized carbons (Fsp3) is 0.185. The van der Waals surface area contributed by atoms with Crippen molar-refractivity contribution in [1.29, 1.82) is 0 Å². The van der Waals surface area contributed by atoms with E-state index in [1.165, 1.54) is 44.4 Å². The molecule has 0 bridgehead atoms. The first kappa shape index (κ1) is 27.4. The number of carboxylic acid groups (broad SMARTS) is 1. The zero-order valence-corrected chi connectivity index (χ0v) is 20.4. The van der Waals surface area contributed by atoms with Gasteiger partial charge < -0.3 is 15.0 Å². The van der Waals surface area contributed by atoms with E-state index < -0.39 is 64.4 Å². The summed E-state index contributed by atoms with van der Waals surface area (Å²) < 4.78 is 71.0. The van der Waals surface area contributed by atoms with Crippen molar-refractivity contribution in [1.82, 2.24) is 14.9 Å². The SMILES string of the molecule is Cc1cc(C(F)(F)F)c(-c2ccc(C[C@H](NC(=O)c3c(F)cccc3F)C(=O)O)c3cccnc23)c(=O)n1C. The van der Waals surface area contributed by atoms with Gasteiger partial charge in [-0.1, -0.05) is 24.3 Å². The van der Waals surface area contributed by atoms with Crippen molar-refractivity contribution < 1.29 is 36.6 Å². The van der Waals surface area contributed by atoms with Gasteiger partial charge in [-0.15, -0.1) is 0 Å². The number of pyridine rings is 2. The lowest BCUT2D eigenvalue weighted by Crippen LogP contribution is -2.43. The zero-order valence-electron chi connectivity index (χ0n) is 20.4. The number of nitrogens with zero attached hydrogens (tertiary/aromatic N) is 2. The number of halogens is 5. The Hall–Kier alpha value is -4.61. The minimum absolute atomic E-state index is 0.00272. The minimum atomic E-state index is -4.85. The van der Waals surface area contributed by atoms with Crippen molar-refractivity contribution in [3.8, 4) is 11.1 Å². The fourth-order valence-corrected chi connectivity index (χ4v) is 4.28. The van der Waals surface area contributed by atoms with Crippen LogP contribution in [0, 0.1) is 18.6 Å². The molecule has 0 aliphatic rings. The van der Waals surface area contributed by atoms with E-state index in [1.54, 1.807) is 0 Å². The molecular weight excluding hydrogens is 525 g/mol. The zero-order chi connectivity index (χ0) is 28.6. The molecule has 0 radical (unpaired) electrons. The van der Waals surface area contributed by atoms with Gasteiger partial charge in [0.2, 0.25) is 0 Å². The average molecular weight is 545 g/mol. The molecule has 2 aromatic heterocycles. The third-order valence-electron chi connectivity index (χ3n) is 6.32. The average Bonchev–Trinajstić information content (AvgIpc) is 2.86. The van der Waals surface area contributed by atoms with Crippen LogP contribution in [0.1, 0.15) is 27.2 Å². The third-order valence-corrected chi connectivity index (χ3v) is 6.32. The van der Waals surface area contributed by atoms with E-state index in [4.69, 9.17) is 0 Å². The molecule has 2 heterocycles. The van der Waals surface area contributed by atoms with Crippen molar-refractivity contribution in [3.63, 3.8) is 0 Å². The van der Waals surface area contributed by atoms with Gasteiger partial charge in [-0.3, -0.25) is 14.6 Å². The molecule has 0 saturated heterocycles. The van der Waals surface area contributed by atoms with Crippen LogP contribution < -0.4 is 10.9 Å². The molecular formula is C27H20F5N3O4. The number of carboxylic acids is 1. The molecule has 12 heteroatoms. The van der Waals surface area contributed by atoms with Crippen LogP contribution in [0.25, 0.3) is 22.0 Å². The van der Waals surface area contributed by atoms with Crippen LogP contribution in [0.5, 0.6) is 0 Å². The summed E-state index contributed by atoms with van der Waals surface area (Å²) in [4.78, 5) is 41.6. The number of hydrogen-bond acceptors (Lipinski definition) is 4. The van der Waals surface area contributed by atoms with E-state index in [-0.39, 0.29) is 27.7 Å². The maximum Gasteiger partial charge on any atom is 0.417 e. The molecule has 202 valence electrons. The summed E-state index contributed by atoms with van der Waals surface area (Å²) in [7, 11) is 1.34. The maximum atomic E-state index is 14.0. The Balaban J connectivity index is 1.82. The molecule has 1 amide bonds. The molecule has 0 fully saturated rings. The first-order valence-electron chi connectivity index (χ1n) is 11.4. The first-order chi connectivity index (χ1) is 18.3. The molecule has 0 aliphatic heterocycles. The molecule has 0 saturated carbocycles. The second-order valence-electron chi connectivity index (χ2n) is 8.77. The van der Waals surface area contributed by atoms with Gasteiger partial charge in [-0.2, -0.15) is 13.2 Å². The van der Waals surface area contributed by atoms with Crippen LogP contribution in [0.2, 0.25) is 0 Å². The van der Waals surface area contributed by atoms with Gasteiger partial charge in [0.15, 0.2) is 0 Å². The minimum Gasteiger partial charge on any atom is -0.480 e. The number of aromatic nitrogens is 2. The van der Waals surface area contributed by atoms with Gasteiger partial charge in [-0.05, 0) is 36.8 Å². The maximum absolute atomic E-state index is 14.0. The highest BCUT2D eigenvalue weighted by Crippen LogP contribution is 2.38. The largest absolute Gasteiger partial charge is 0.480 e. The van der Waals surface area contributed by atoms with Crippen LogP contribution >= 0.6 is 0 Å². The molecule has 7 nitrogen and oxygen atoms in total. The van der Waals surface area contributed by atoms with Crippen LogP contribution in [-0.2, 0) is 24.4 Å². The smallest absolute Gasteiger partial charge is 0.417 e. The van der Waals surface area contributed by atoms with Crippen molar-refractivity contribution >= 4 is 22.8 Å². The highest BCUT2D eigenvalue weighted by atomic mass is 19.4. The Kier molecular flexibility index (Phi) is 7.23. The molecule has 0 spiro atoms. The topological polar surface area (TPSA) is 101 Å². The number of rotatable bonds is 6. The molecule has 2 N–H and O–H groups in total. The van der Waals surface area contributed by atoms with Crippen molar-refractivity contribution in [2.24, 2.45) is 7.05 Å². The Labute approximate surface area is 217 Å². The van der Waals surface area contributed by atoms with E-state index in [1.807, 2.05) is 0 Å². The number of benzene rings is 2. The molecule has 0 unspecified atom stereocenters. The van der Waals surface area contributed by atoms with E-state index in [0.29, 0.717) is 0 Å². The second kappa shape index (κ2) is 10.3. The van der Waals surface area contributed by atoms with Gasteiger partial charge in [-0.25, -0.2) is 13.6 Å².